The standard InChI is InChI=1S/C18H21FN4O2/c19-14-3-1-2-13(8-14)16-9-15(24)11-23(16)18-10-17(20-12-21-18)22-4-6-25-7-5-22/h1-3,8,10,12,15-16,24H,4-7,9,11H2/t15-,16+/m1/s1. The molecule has 0 spiro atoms. The molecule has 3 heterocycles. The van der Waals surface area contributed by atoms with Crippen LogP contribution >= 0.6 is 0 Å². The molecule has 0 radical (unpaired) electrons. The molecule has 132 valence electrons. The molecule has 1 aromatic carbocycles. The number of hydrogen-bond donors (Lipinski definition) is 1. The first-order valence-electron chi connectivity index (χ1n) is 8.55. The molecule has 2 aliphatic rings. The molecule has 6 nitrogen and oxygen atoms in total. The summed E-state index contributed by atoms with van der Waals surface area (Å²) in [6.07, 6.45) is 1.64. The van der Waals surface area contributed by atoms with Gasteiger partial charge in [0.15, 0.2) is 0 Å². The highest BCUT2D eigenvalue weighted by atomic mass is 19.1. The second kappa shape index (κ2) is 6.93. The topological polar surface area (TPSA) is 61.7 Å². The molecule has 2 aliphatic heterocycles. The highest BCUT2D eigenvalue weighted by molar-refractivity contribution is 5.53. The number of ether oxygens (including phenoxy) is 1. The van der Waals surface area contributed by atoms with Crippen molar-refractivity contribution in [3.63, 3.8) is 0 Å². The maximum absolute atomic E-state index is 13.6. The fourth-order valence-electron chi connectivity index (χ4n) is 3.56. The van der Waals surface area contributed by atoms with Crippen molar-refractivity contribution in [1.29, 1.82) is 0 Å². The lowest BCUT2D eigenvalue weighted by atomic mass is 10.0. The normalized spacial score (nSPS) is 23.9. The third kappa shape index (κ3) is 3.43. The molecule has 7 heteroatoms. The Morgan fingerprint density at radius 2 is 1.92 bits per heavy atom. The van der Waals surface area contributed by atoms with Crippen LogP contribution in [0, 0.1) is 5.82 Å². The molecule has 25 heavy (non-hydrogen) atoms. The Balaban J connectivity index is 1.63. The van der Waals surface area contributed by atoms with Gasteiger partial charge in [-0.15, -0.1) is 0 Å². The number of aliphatic hydroxyl groups is 1. The van der Waals surface area contributed by atoms with E-state index in [0.717, 1.165) is 30.3 Å². The summed E-state index contributed by atoms with van der Waals surface area (Å²) in [6, 6.07) is 8.39. The van der Waals surface area contributed by atoms with Crippen LogP contribution in [-0.4, -0.2) is 54.0 Å². The zero-order valence-electron chi connectivity index (χ0n) is 13.9. The van der Waals surface area contributed by atoms with Crippen LogP contribution in [0.2, 0.25) is 0 Å². The summed E-state index contributed by atoms with van der Waals surface area (Å²) in [6.45, 7) is 3.45. The van der Waals surface area contributed by atoms with E-state index >= 15 is 0 Å². The fourth-order valence-corrected chi connectivity index (χ4v) is 3.56. The van der Waals surface area contributed by atoms with Gasteiger partial charge in [0.25, 0.3) is 0 Å². The Hall–Kier alpha value is -2.25. The van der Waals surface area contributed by atoms with E-state index in [9.17, 15) is 9.50 Å². The quantitative estimate of drug-likeness (QED) is 0.916. The van der Waals surface area contributed by atoms with E-state index in [4.69, 9.17) is 4.74 Å². The largest absolute Gasteiger partial charge is 0.391 e. The van der Waals surface area contributed by atoms with Crippen LogP contribution in [0.25, 0.3) is 0 Å². The van der Waals surface area contributed by atoms with Gasteiger partial charge in [-0.05, 0) is 24.1 Å². The van der Waals surface area contributed by atoms with Crippen LogP contribution < -0.4 is 9.80 Å². The van der Waals surface area contributed by atoms with Gasteiger partial charge < -0.3 is 19.6 Å². The van der Waals surface area contributed by atoms with Crippen LogP contribution in [0.3, 0.4) is 0 Å². The fraction of sp³-hybridized carbons (Fsp3) is 0.444. The van der Waals surface area contributed by atoms with Crippen LogP contribution in [0.4, 0.5) is 16.0 Å². The summed E-state index contributed by atoms with van der Waals surface area (Å²) in [4.78, 5) is 13.0. The third-order valence-electron chi connectivity index (χ3n) is 4.78. The first-order chi connectivity index (χ1) is 12.2. The number of halogens is 1. The van der Waals surface area contributed by atoms with Crippen molar-refractivity contribution in [3.05, 3.63) is 48.0 Å². The number of morpholine rings is 1. The molecule has 1 N–H and O–H groups in total. The molecular formula is C18H21FN4O2. The van der Waals surface area contributed by atoms with Gasteiger partial charge in [0, 0.05) is 25.7 Å². The molecule has 0 bridgehead atoms. The third-order valence-corrected chi connectivity index (χ3v) is 4.78. The molecule has 4 rings (SSSR count). The van der Waals surface area contributed by atoms with Crippen LogP contribution in [-0.2, 0) is 4.74 Å². The second-order valence-corrected chi connectivity index (χ2v) is 6.45. The average molecular weight is 344 g/mol. The predicted molar refractivity (Wildman–Crippen MR) is 92.2 cm³/mol. The van der Waals surface area contributed by atoms with Gasteiger partial charge in [0.2, 0.25) is 0 Å². The van der Waals surface area contributed by atoms with E-state index in [1.165, 1.54) is 12.1 Å². The van der Waals surface area contributed by atoms with Crippen molar-refractivity contribution in [3.8, 4) is 0 Å². The van der Waals surface area contributed by atoms with Gasteiger partial charge in [-0.25, -0.2) is 14.4 Å². The van der Waals surface area contributed by atoms with Crippen LogP contribution in [0.1, 0.15) is 18.0 Å². The molecule has 2 aromatic rings. The summed E-state index contributed by atoms with van der Waals surface area (Å²) in [5.74, 6) is 1.34. The number of anilines is 2. The zero-order chi connectivity index (χ0) is 17.2. The van der Waals surface area contributed by atoms with E-state index in [1.807, 2.05) is 17.0 Å². The van der Waals surface area contributed by atoms with Gasteiger partial charge in [-0.2, -0.15) is 0 Å². The smallest absolute Gasteiger partial charge is 0.134 e. The monoisotopic (exact) mass is 344 g/mol. The van der Waals surface area contributed by atoms with E-state index in [-0.39, 0.29) is 11.9 Å². The van der Waals surface area contributed by atoms with Crippen molar-refractivity contribution >= 4 is 11.6 Å². The Labute approximate surface area is 145 Å². The first-order valence-corrected chi connectivity index (χ1v) is 8.55. The minimum absolute atomic E-state index is 0.0989. The zero-order valence-corrected chi connectivity index (χ0v) is 13.9. The summed E-state index contributed by atoms with van der Waals surface area (Å²) in [7, 11) is 0. The van der Waals surface area contributed by atoms with Crippen molar-refractivity contribution < 1.29 is 14.2 Å². The van der Waals surface area contributed by atoms with E-state index in [0.29, 0.717) is 26.2 Å². The number of nitrogens with zero attached hydrogens (tertiary/aromatic N) is 4. The SMILES string of the molecule is O[C@@H]1C[C@@H](c2cccc(F)c2)N(c2cc(N3CCOCC3)ncn2)C1. The molecule has 0 amide bonds. The summed E-state index contributed by atoms with van der Waals surface area (Å²) < 4.78 is 19.0. The average Bonchev–Trinajstić information content (AvgIpc) is 3.04. The van der Waals surface area contributed by atoms with E-state index in [1.54, 1.807) is 12.4 Å². The predicted octanol–water partition coefficient (Wildman–Crippen LogP) is 1.76. The van der Waals surface area contributed by atoms with Gasteiger partial charge in [-0.3, -0.25) is 0 Å². The number of β-amino-alcohol motifs (C(OH)–C–C–N with tert-alkyl or cyclic N) is 1. The first kappa shape index (κ1) is 16.2. The van der Waals surface area contributed by atoms with Crippen molar-refractivity contribution in [2.75, 3.05) is 42.6 Å². The number of benzene rings is 1. The molecular weight excluding hydrogens is 323 g/mol. The number of rotatable bonds is 3. The van der Waals surface area contributed by atoms with E-state index < -0.39 is 6.10 Å². The number of aliphatic hydroxyl groups excluding tert-OH is 1. The Kier molecular flexibility index (Phi) is 4.50. The number of aromatic nitrogens is 2. The summed E-state index contributed by atoms with van der Waals surface area (Å²) in [5, 5.41) is 10.2. The summed E-state index contributed by atoms with van der Waals surface area (Å²) in [5.41, 5.74) is 0.850. The molecule has 2 atom stereocenters. The highest BCUT2D eigenvalue weighted by Gasteiger charge is 2.33. The minimum Gasteiger partial charge on any atom is -0.391 e. The van der Waals surface area contributed by atoms with Crippen LogP contribution in [0.15, 0.2) is 36.7 Å². The Morgan fingerprint density at radius 1 is 1.12 bits per heavy atom. The minimum atomic E-state index is -0.463. The van der Waals surface area contributed by atoms with Crippen molar-refractivity contribution in [2.24, 2.45) is 0 Å². The Morgan fingerprint density at radius 3 is 2.72 bits per heavy atom. The maximum atomic E-state index is 13.6. The molecule has 0 saturated carbocycles. The molecule has 1 aromatic heterocycles. The lowest BCUT2D eigenvalue weighted by Gasteiger charge is -2.30. The van der Waals surface area contributed by atoms with Gasteiger partial charge in [-0.1, -0.05) is 12.1 Å². The summed E-state index contributed by atoms with van der Waals surface area (Å²) >= 11 is 0. The van der Waals surface area contributed by atoms with Gasteiger partial charge >= 0.3 is 0 Å². The van der Waals surface area contributed by atoms with Crippen molar-refractivity contribution in [1.82, 2.24) is 9.97 Å². The van der Waals surface area contributed by atoms with Crippen molar-refractivity contribution in [2.45, 2.75) is 18.6 Å². The lowest BCUT2D eigenvalue weighted by molar-refractivity contribution is 0.122. The lowest BCUT2D eigenvalue weighted by Crippen LogP contribution is -2.37. The molecule has 0 unspecified atom stereocenters. The second-order valence-electron chi connectivity index (χ2n) is 6.45. The Bertz CT molecular complexity index is 739. The number of hydrogen-bond acceptors (Lipinski definition) is 6. The van der Waals surface area contributed by atoms with E-state index in [2.05, 4.69) is 14.9 Å². The van der Waals surface area contributed by atoms with Gasteiger partial charge in [0.1, 0.15) is 23.8 Å². The highest BCUT2D eigenvalue weighted by Crippen LogP contribution is 2.36. The molecule has 0 aliphatic carbocycles. The van der Waals surface area contributed by atoms with Crippen LogP contribution in [0.5, 0.6) is 0 Å². The van der Waals surface area contributed by atoms with Gasteiger partial charge in [0.05, 0.1) is 25.4 Å². The molecule has 2 fully saturated rings. The maximum Gasteiger partial charge on any atom is 0.134 e. The molecule has 2 saturated heterocycles.